The normalized spacial score (nSPS) is 14.2. The molecule has 1 aliphatic rings. The van der Waals surface area contributed by atoms with Crippen molar-refractivity contribution in [3.8, 4) is 0 Å². The highest BCUT2D eigenvalue weighted by molar-refractivity contribution is 5.93. The van der Waals surface area contributed by atoms with Gasteiger partial charge < -0.3 is 10.0 Å². The number of nitrogens with zero attached hydrogens (tertiary/aromatic N) is 2. The van der Waals surface area contributed by atoms with Crippen molar-refractivity contribution in [2.45, 2.75) is 32.2 Å². The van der Waals surface area contributed by atoms with Crippen LogP contribution in [0.1, 0.15) is 36.5 Å². The molecule has 0 bridgehead atoms. The molecule has 1 N–H and O–H groups in total. The van der Waals surface area contributed by atoms with Gasteiger partial charge in [0.1, 0.15) is 5.56 Å². The van der Waals surface area contributed by atoms with Crippen molar-refractivity contribution in [3.63, 3.8) is 0 Å². The van der Waals surface area contributed by atoms with Crippen molar-refractivity contribution in [1.29, 1.82) is 0 Å². The first kappa shape index (κ1) is 13.3. The minimum Gasteiger partial charge on any atom is -0.477 e. The van der Waals surface area contributed by atoms with E-state index < -0.39 is 10.9 Å². The molecule has 0 saturated heterocycles. The summed E-state index contributed by atoms with van der Waals surface area (Å²) in [5, 5.41) is 19.9. The molecule has 0 radical (unpaired) electrons. The standard InChI is InChI=1S/C13H16N2O4/c1-2-7-14(9-3-4-9)10-5-6-11(13(16)17)12(8-10)15(18)19/h5-6,8-9H,2-4,7H2,1H3,(H,16,17). The van der Waals surface area contributed by atoms with E-state index in [2.05, 4.69) is 11.8 Å². The van der Waals surface area contributed by atoms with Gasteiger partial charge in [0.25, 0.3) is 5.69 Å². The van der Waals surface area contributed by atoms with Gasteiger partial charge in [0, 0.05) is 24.3 Å². The van der Waals surface area contributed by atoms with Crippen LogP contribution in [0.4, 0.5) is 11.4 Å². The predicted molar refractivity (Wildman–Crippen MR) is 70.7 cm³/mol. The Hall–Kier alpha value is -2.11. The maximum Gasteiger partial charge on any atom is 0.342 e. The van der Waals surface area contributed by atoms with Crippen molar-refractivity contribution >= 4 is 17.3 Å². The molecule has 0 amide bonds. The SMILES string of the molecule is CCCN(c1ccc(C(=O)O)c([N+](=O)[O-])c1)C1CC1. The summed E-state index contributed by atoms with van der Waals surface area (Å²) in [6.07, 6.45) is 3.13. The van der Waals surface area contributed by atoms with Gasteiger partial charge in [0.2, 0.25) is 0 Å². The number of nitro groups is 1. The zero-order valence-electron chi connectivity index (χ0n) is 10.7. The van der Waals surface area contributed by atoms with Gasteiger partial charge in [-0.15, -0.1) is 0 Å². The van der Waals surface area contributed by atoms with E-state index >= 15 is 0 Å². The Morgan fingerprint density at radius 2 is 2.21 bits per heavy atom. The summed E-state index contributed by atoms with van der Waals surface area (Å²) < 4.78 is 0. The van der Waals surface area contributed by atoms with E-state index in [4.69, 9.17) is 5.11 Å². The number of carbonyl (C=O) groups is 1. The molecule has 19 heavy (non-hydrogen) atoms. The van der Waals surface area contributed by atoms with Crippen LogP contribution in [0.15, 0.2) is 18.2 Å². The molecular formula is C13H16N2O4. The minimum atomic E-state index is -1.27. The van der Waals surface area contributed by atoms with E-state index in [1.54, 1.807) is 6.07 Å². The summed E-state index contributed by atoms with van der Waals surface area (Å²) in [7, 11) is 0. The fourth-order valence-corrected chi connectivity index (χ4v) is 2.18. The van der Waals surface area contributed by atoms with Gasteiger partial charge in [-0.05, 0) is 31.4 Å². The van der Waals surface area contributed by atoms with Crippen molar-refractivity contribution < 1.29 is 14.8 Å². The highest BCUT2D eigenvalue weighted by Gasteiger charge is 2.30. The molecule has 0 unspecified atom stereocenters. The average molecular weight is 264 g/mol. The monoisotopic (exact) mass is 264 g/mol. The van der Waals surface area contributed by atoms with Gasteiger partial charge in [-0.1, -0.05) is 6.92 Å². The lowest BCUT2D eigenvalue weighted by atomic mass is 10.1. The number of hydrogen-bond acceptors (Lipinski definition) is 4. The number of benzene rings is 1. The third-order valence-corrected chi connectivity index (χ3v) is 3.19. The molecule has 1 saturated carbocycles. The highest BCUT2D eigenvalue weighted by atomic mass is 16.6. The van der Waals surface area contributed by atoms with E-state index in [0.717, 1.165) is 31.5 Å². The molecule has 0 aromatic heterocycles. The van der Waals surface area contributed by atoms with Crippen LogP contribution in [0.3, 0.4) is 0 Å². The molecule has 0 spiro atoms. The van der Waals surface area contributed by atoms with E-state index in [-0.39, 0.29) is 11.3 Å². The Labute approximate surface area is 110 Å². The van der Waals surface area contributed by atoms with E-state index in [9.17, 15) is 14.9 Å². The molecular weight excluding hydrogens is 248 g/mol. The van der Waals surface area contributed by atoms with Crippen LogP contribution in [0, 0.1) is 10.1 Å². The summed E-state index contributed by atoms with van der Waals surface area (Å²) >= 11 is 0. The van der Waals surface area contributed by atoms with Crippen LogP contribution in [-0.2, 0) is 0 Å². The topological polar surface area (TPSA) is 83.7 Å². The van der Waals surface area contributed by atoms with Gasteiger partial charge in [0.15, 0.2) is 0 Å². The van der Waals surface area contributed by atoms with Gasteiger partial charge in [-0.2, -0.15) is 0 Å². The maximum absolute atomic E-state index is 11.0. The second-order valence-corrected chi connectivity index (χ2v) is 4.69. The van der Waals surface area contributed by atoms with Crippen LogP contribution in [0.2, 0.25) is 0 Å². The number of nitro benzene ring substituents is 1. The predicted octanol–water partition coefficient (Wildman–Crippen LogP) is 2.67. The Morgan fingerprint density at radius 1 is 1.53 bits per heavy atom. The number of anilines is 1. The molecule has 1 fully saturated rings. The first-order valence-corrected chi connectivity index (χ1v) is 6.33. The molecule has 6 nitrogen and oxygen atoms in total. The molecule has 1 aliphatic carbocycles. The van der Waals surface area contributed by atoms with Crippen LogP contribution >= 0.6 is 0 Å². The van der Waals surface area contributed by atoms with Crippen molar-refractivity contribution in [3.05, 3.63) is 33.9 Å². The first-order chi connectivity index (χ1) is 9.04. The summed E-state index contributed by atoms with van der Waals surface area (Å²) in [5.41, 5.74) is 0.133. The molecule has 1 aromatic carbocycles. The molecule has 0 aliphatic heterocycles. The Morgan fingerprint density at radius 3 is 2.68 bits per heavy atom. The van der Waals surface area contributed by atoms with Gasteiger partial charge in [-0.3, -0.25) is 10.1 Å². The molecule has 1 aromatic rings. The number of rotatable bonds is 6. The average Bonchev–Trinajstić information content (AvgIpc) is 3.19. The van der Waals surface area contributed by atoms with E-state index in [1.165, 1.54) is 12.1 Å². The summed E-state index contributed by atoms with van der Waals surface area (Å²) in [6, 6.07) is 4.79. The van der Waals surface area contributed by atoms with Crippen molar-refractivity contribution in [2.75, 3.05) is 11.4 Å². The van der Waals surface area contributed by atoms with Crippen LogP contribution in [0.5, 0.6) is 0 Å². The fourth-order valence-electron chi connectivity index (χ4n) is 2.18. The maximum atomic E-state index is 11.0. The highest BCUT2D eigenvalue weighted by Crippen LogP contribution is 2.34. The van der Waals surface area contributed by atoms with Crippen molar-refractivity contribution in [1.82, 2.24) is 0 Å². The minimum absolute atomic E-state index is 0.263. The Balaban J connectivity index is 2.38. The summed E-state index contributed by atoms with van der Waals surface area (Å²) in [5.74, 6) is -1.27. The second-order valence-electron chi connectivity index (χ2n) is 4.69. The lowest BCUT2D eigenvalue weighted by molar-refractivity contribution is -0.385. The quantitative estimate of drug-likeness (QED) is 0.630. The smallest absolute Gasteiger partial charge is 0.342 e. The van der Waals surface area contributed by atoms with Crippen molar-refractivity contribution in [2.24, 2.45) is 0 Å². The molecule has 0 atom stereocenters. The van der Waals surface area contributed by atoms with Gasteiger partial charge in [-0.25, -0.2) is 4.79 Å². The van der Waals surface area contributed by atoms with Gasteiger partial charge in [0.05, 0.1) is 4.92 Å². The third-order valence-electron chi connectivity index (χ3n) is 3.19. The largest absolute Gasteiger partial charge is 0.477 e. The molecule has 0 heterocycles. The number of carboxylic acid groups (broad SMARTS) is 1. The van der Waals surface area contributed by atoms with Crippen LogP contribution in [0.25, 0.3) is 0 Å². The molecule has 6 heteroatoms. The van der Waals surface area contributed by atoms with Gasteiger partial charge >= 0.3 is 5.97 Å². The summed E-state index contributed by atoms with van der Waals surface area (Å²) in [6.45, 7) is 2.88. The zero-order valence-corrected chi connectivity index (χ0v) is 10.7. The Bertz CT molecular complexity index is 511. The van der Waals surface area contributed by atoms with Crippen LogP contribution in [-0.4, -0.2) is 28.6 Å². The number of hydrogen-bond donors (Lipinski definition) is 1. The second kappa shape index (κ2) is 5.26. The number of carboxylic acids is 1. The lowest BCUT2D eigenvalue weighted by Gasteiger charge is -2.24. The third kappa shape index (κ3) is 2.83. The first-order valence-electron chi connectivity index (χ1n) is 6.33. The Kier molecular flexibility index (Phi) is 3.69. The van der Waals surface area contributed by atoms with E-state index in [1.807, 2.05) is 0 Å². The number of aromatic carboxylic acids is 1. The fraction of sp³-hybridized carbons (Fsp3) is 0.462. The molecule has 2 rings (SSSR count). The molecule has 102 valence electrons. The van der Waals surface area contributed by atoms with E-state index in [0.29, 0.717) is 6.04 Å². The lowest BCUT2D eigenvalue weighted by Crippen LogP contribution is -2.26. The van der Waals surface area contributed by atoms with Crippen LogP contribution < -0.4 is 4.90 Å². The summed E-state index contributed by atoms with van der Waals surface area (Å²) in [4.78, 5) is 23.4. The zero-order chi connectivity index (χ0) is 14.0.